The van der Waals surface area contributed by atoms with Crippen molar-refractivity contribution in [1.29, 1.82) is 0 Å². The quantitative estimate of drug-likeness (QED) is 0.734. The van der Waals surface area contributed by atoms with E-state index in [2.05, 4.69) is 30.8 Å². The summed E-state index contributed by atoms with van der Waals surface area (Å²) in [6.45, 7) is 5.42. The highest BCUT2D eigenvalue weighted by molar-refractivity contribution is 5.91. The first-order valence-corrected chi connectivity index (χ1v) is 8.74. The molecule has 2 fully saturated rings. The lowest BCUT2D eigenvalue weighted by Crippen LogP contribution is -2.46. The van der Waals surface area contributed by atoms with Crippen molar-refractivity contribution in [2.75, 3.05) is 39.3 Å². The molecule has 0 amide bonds. The van der Waals surface area contributed by atoms with Crippen LogP contribution in [-0.4, -0.2) is 50.9 Å². The monoisotopic (exact) mass is 302 g/mol. The highest BCUT2D eigenvalue weighted by Crippen LogP contribution is 2.44. The van der Waals surface area contributed by atoms with Crippen molar-refractivity contribution in [3.63, 3.8) is 0 Å². The van der Waals surface area contributed by atoms with E-state index in [0.29, 0.717) is 0 Å². The highest BCUT2D eigenvalue weighted by Gasteiger charge is 2.44. The Bertz CT molecular complexity index is 467. The van der Waals surface area contributed by atoms with E-state index in [4.69, 9.17) is 0 Å². The summed E-state index contributed by atoms with van der Waals surface area (Å²) < 4.78 is 0. The normalized spacial score (nSPS) is 28.4. The minimum Gasteiger partial charge on any atom is -0.371 e. The molecule has 0 bridgehead atoms. The van der Waals surface area contributed by atoms with Crippen molar-refractivity contribution in [2.45, 2.75) is 38.5 Å². The van der Waals surface area contributed by atoms with E-state index in [1.54, 1.807) is 0 Å². The highest BCUT2D eigenvalue weighted by atomic mass is 15.2. The number of amidine groups is 2. The molecule has 6 nitrogen and oxygen atoms in total. The molecule has 0 atom stereocenters. The Morgan fingerprint density at radius 1 is 0.773 bits per heavy atom. The second-order valence-corrected chi connectivity index (χ2v) is 7.18. The van der Waals surface area contributed by atoms with Crippen LogP contribution in [0.1, 0.15) is 38.5 Å². The molecule has 0 spiro atoms. The second-order valence-electron chi connectivity index (χ2n) is 7.18. The third kappa shape index (κ3) is 2.32. The summed E-state index contributed by atoms with van der Waals surface area (Å²) in [5.41, 5.74) is 0.353. The van der Waals surface area contributed by atoms with E-state index in [0.717, 1.165) is 39.3 Å². The van der Waals surface area contributed by atoms with Gasteiger partial charge in [-0.15, -0.1) is 0 Å². The van der Waals surface area contributed by atoms with E-state index in [-0.39, 0.29) is 10.8 Å². The fraction of sp³-hybridized carbons (Fsp3) is 0.875. The zero-order valence-electron chi connectivity index (χ0n) is 13.3. The number of azo groups is 1. The average molecular weight is 302 g/mol. The van der Waals surface area contributed by atoms with Crippen LogP contribution >= 0.6 is 0 Å². The fourth-order valence-electron chi connectivity index (χ4n) is 4.02. The third-order valence-electron chi connectivity index (χ3n) is 5.82. The van der Waals surface area contributed by atoms with Crippen molar-refractivity contribution in [1.82, 2.24) is 10.6 Å². The van der Waals surface area contributed by atoms with Gasteiger partial charge in [0.15, 0.2) is 0 Å². The first-order valence-electron chi connectivity index (χ1n) is 8.74. The summed E-state index contributed by atoms with van der Waals surface area (Å²) in [6, 6.07) is 0. The zero-order chi connectivity index (χ0) is 14.9. The Morgan fingerprint density at radius 2 is 1.23 bits per heavy atom. The van der Waals surface area contributed by atoms with E-state index >= 15 is 0 Å². The van der Waals surface area contributed by atoms with E-state index in [1.807, 2.05) is 0 Å². The van der Waals surface area contributed by atoms with Crippen LogP contribution in [0.2, 0.25) is 0 Å². The van der Waals surface area contributed by atoms with Gasteiger partial charge in [-0.05, 0) is 25.7 Å². The van der Waals surface area contributed by atoms with Gasteiger partial charge in [-0.2, -0.15) is 10.2 Å². The van der Waals surface area contributed by atoms with E-state index in [9.17, 15) is 0 Å². The smallest absolute Gasteiger partial charge is 0.105 e. The Balaban J connectivity index is 1.36. The molecule has 120 valence electrons. The van der Waals surface area contributed by atoms with Crippen molar-refractivity contribution < 1.29 is 0 Å². The molecule has 0 aromatic heterocycles. The summed E-state index contributed by atoms with van der Waals surface area (Å²) in [4.78, 5) is 9.24. The number of nitrogens with zero attached hydrogens (tertiary/aromatic N) is 4. The SMILES string of the molecule is C1CC(CN=NCC2(C3=NCCN3)CCC2)(C2=NCCN2)C1. The Hall–Kier alpha value is -1.46. The van der Waals surface area contributed by atoms with E-state index < -0.39 is 0 Å². The summed E-state index contributed by atoms with van der Waals surface area (Å²) in [7, 11) is 0. The molecule has 4 rings (SSSR count). The van der Waals surface area contributed by atoms with Crippen LogP contribution in [0, 0.1) is 10.8 Å². The molecule has 22 heavy (non-hydrogen) atoms. The standard InChI is InChI=1S/C16H26N6/c1-3-15(4-1,13-17-7-8-18-13)11-21-22-12-16(5-2-6-16)14-19-9-10-20-14/h1-12H2,(H,17,18)(H,19,20). The van der Waals surface area contributed by atoms with Crippen LogP contribution in [-0.2, 0) is 0 Å². The molecule has 2 heterocycles. The molecule has 0 aromatic rings. The Labute approximate surface area is 132 Å². The topological polar surface area (TPSA) is 73.5 Å². The van der Waals surface area contributed by atoms with Gasteiger partial charge in [0, 0.05) is 23.9 Å². The molecule has 0 aromatic carbocycles. The second kappa shape index (κ2) is 5.63. The van der Waals surface area contributed by atoms with Gasteiger partial charge in [-0.25, -0.2) is 0 Å². The summed E-state index contributed by atoms with van der Waals surface area (Å²) >= 11 is 0. The maximum Gasteiger partial charge on any atom is 0.105 e. The van der Waals surface area contributed by atoms with E-state index in [1.165, 1.54) is 50.2 Å². The average Bonchev–Trinajstić information content (AvgIpc) is 3.11. The van der Waals surface area contributed by atoms with Gasteiger partial charge < -0.3 is 10.6 Å². The number of aliphatic imine (C=N–C) groups is 2. The minimum absolute atomic E-state index is 0.176. The van der Waals surface area contributed by atoms with Gasteiger partial charge in [0.1, 0.15) is 11.7 Å². The predicted molar refractivity (Wildman–Crippen MR) is 87.8 cm³/mol. The largest absolute Gasteiger partial charge is 0.371 e. The van der Waals surface area contributed by atoms with Crippen LogP contribution < -0.4 is 10.6 Å². The molecular weight excluding hydrogens is 276 g/mol. The van der Waals surface area contributed by atoms with Gasteiger partial charge >= 0.3 is 0 Å². The van der Waals surface area contributed by atoms with Gasteiger partial charge in [-0.3, -0.25) is 9.98 Å². The van der Waals surface area contributed by atoms with Crippen LogP contribution in [0.4, 0.5) is 0 Å². The number of hydrogen-bond donors (Lipinski definition) is 2. The Morgan fingerprint density at radius 3 is 1.50 bits per heavy atom. The van der Waals surface area contributed by atoms with Crippen molar-refractivity contribution in [3.8, 4) is 0 Å². The van der Waals surface area contributed by atoms with Gasteiger partial charge in [0.05, 0.1) is 26.2 Å². The van der Waals surface area contributed by atoms with Crippen molar-refractivity contribution in [2.24, 2.45) is 31.0 Å². The van der Waals surface area contributed by atoms with Gasteiger partial charge in [0.25, 0.3) is 0 Å². The summed E-state index contributed by atoms with van der Waals surface area (Å²) in [6.07, 6.45) is 7.41. The fourth-order valence-corrected chi connectivity index (χ4v) is 4.02. The van der Waals surface area contributed by atoms with Crippen LogP contribution in [0.3, 0.4) is 0 Å². The van der Waals surface area contributed by atoms with Crippen LogP contribution in [0.25, 0.3) is 0 Å². The minimum atomic E-state index is 0.176. The van der Waals surface area contributed by atoms with Gasteiger partial charge in [-0.1, -0.05) is 12.8 Å². The lowest BCUT2D eigenvalue weighted by Gasteiger charge is -2.41. The Kier molecular flexibility index (Phi) is 3.62. The lowest BCUT2D eigenvalue weighted by molar-refractivity contribution is 0.221. The lowest BCUT2D eigenvalue weighted by atomic mass is 9.67. The maximum atomic E-state index is 4.62. The molecule has 0 radical (unpaired) electrons. The zero-order valence-corrected chi connectivity index (χ0v) is 13.3. The van der Waals surface area contributed by atoms with Crippen molar-refractivity contribution in [3.05, 3.63) is 0 Å². The molecule has 0 saturated heterocycles. The summed E-state index contributed by atoms with van der Waals surface area (Å²) in [5, 5.41) is 16.0. The first kappa shape index (κ1) is 14.2. The van der Waals surface area contributed by atoms with Gasteiger partial charge in [0.2, 0.25) is 0 Å². The summed E-state index contributed by atoms with van der Waals surface area (Å²) in [5.74, 6) is 2.38. The number of rotatable bonds is 6. The molecule has 2 N–H and O–H groups in total. The molecular formula is C16H26N6. The molecule has 2 aliphatic heterocycles. The molecule has 4 aliphatic rings. The van der Waals surface area contributed by atoms with Crippen LogP contribution in [0.15, 0.2) is 20.2 Å². The molecule has 6 heteroatoms. The van der Waals surface area contributed by atoms with Crippen LogP contribution in [0.5, 0.6) is 0 Å². The predicted octanol–water partition coefficient (Wildman–Crippen LogP) is 1.78. The molecule has 2 aliphatic carbocycles. The number of hydrogen-bond acceptors (Lipinski definition) is 6. The third-order valence-corrected chi connectivity index (χ3v) is 5.82. The number of nitrogens with one attached hydrogen (secondary N) is 2. The van der Waals surface area contributed by atoms with Crippen molar-refractivity contribution >= 4 is 11.7 Å². The maximum absolute atomic E-state index is 4.62. The molecule has 0 unspecified atom stereocenters. The first-order chi connectivity index (χ1) is 10.8. The molecule has 2 saturated carbocycles.